The largest absolute Gasteiger partial charge is 0.780 e. The van der Waals surface area contributed by atoms with Gasteiger partial charge in [0.1, 0.15) is 43.0 Å². The number of halogens is 2. The Labute approximate surface area is 255 Å². The SMILES string of the molecule is [B][P@@]1(=O)OC[C@H]2O[C@@H](n3cnc4c(=O)[nH]c(N)nc43)C(F)[C@H]2OP([O-])(=S)OC[C@H]2O[C@@H](n3cnc4c(N)ncnc43)[C@@H](F)C2O1. The molecule has 3 fully saturated rings. The smallest absolute Gasteiger partial charge is 0.280 e. The number of hydrogen-bond donors (Lipinski definition) is 3. The van der Waals surface area contributed by atoms with Gasteiger partial charge >= 0.3 is 0 Å². The number of ether oxygens (including phenoxy) is 2. The Morgan fingerprint density at radius 3 is 2.24 bits per heavy atom. The molecule has 0 aromatic carbocycles. The van der Waals surface area contributed by atoms with Gasteiger partial charge in [-0.05, 0) is 0 Å². The van der Waals surface area contributed by atoms with E-state index < -0.39 is 82.2 Å². The summed E-state index contributed by atoms with van der Waals surface area (Å²) in [5, 5.41) is 0. The quantitative estimate of drug-likeness (QED) is 0.173. The molecule has 3 saturated heterocycles. The van der Waals surface area contributed by atoms with E-state index in [0.717, 1.165) is 17.2 Å². The van der Waals surface area contributed by atoms with Gasteiger partial charge in [-0.25, -0.2) is 28.7 Å². The summed E-state index contributed by atoms with van der Waals surface area (Å²) >= 11 is 5.01. The number of nitrogen functional groups attached to an aromatic ring is 2. The van der Waals surface area contributed by atoms with Gasteiger partial charge in [-0.2, -0.15) is 4.98 Å². The maximum absolute atomic E-state index is 16.0. The molecule has 0 saturated carbocycles. The number of H-pyrrole nitrogens is 1. The van der Waals surface area contributed by atoms with Crippen LogP contribution in [0.25, 0.3) is 22.3 Å². The molecular weight excluding hydrogens is 667 g/mol. The highest BCUT2D eigenvalue weighted by atomic mass is 32.5. The van der Waals surface area contributed by atoms with E-state index in [2.05, 4.69) is 29.9 Å². The van der Waals surface area contributed by atoms with Crippen LogP contribution in [0.15, 0.2) is 23.8 Å². The van der Waals surface area contributed by atoms with E-state index in [4.69, 9.17) is 58.4 Å². The molecule has 7 rings (SSSR count). The van der Waals surface area contributed by atoms with Gasteiger partial charge in [0.25, 0.3) is 13.0 Å². The number of rotatable bonds is 2. The molecule has 238 valence electrons. The van der Waals surface area contributed by atoms with Crippen LogP contribution in [0.2, 0.25) is 0 Å². The molecule has 4 aromatic rings. The van der Waals surface area contributed by atoms with Gasteiger partial charge < -0.3 is 43.9 Å². The van der Waals surface area contributed by atoms with E-state index >= 15 is 8.78 Å². The van der Waals surface area contributed by atoms with Crippen LogP contribution in [0.4, 0.5) is 20.5 Å². The maximum atomic E-state index is 16.0. The van der Waals surface area contributed by atoms with E-state index in [1.807, 2.05) is 0 Å². The number of nitrogens with one attached hydrogen (secondary N) is 1. The van der Waals surface area contributed by atoms with Crippen molar-refractivity contribution in [3.63, 3.8) is 0 Å². The number of anilines is 2. The standard InChI is InChI=1S/C20H21BF2N10O9P2S/c21-43(35)37-1-6-13(9(23)19(39-6)33-5-29-11-16(33)30-20(25)31-17(11)34)42-44(36,45)38-2-7-12(41-43)8(22)18(40-7)32-4-28-10-14(24)26-3-27-15(10)32/h3-9,12-13,18-19H,1-2H2,(H,36,45)(H2,24,26,27)(H3,25,30,31,34)/p-1/t6-,7-,8+,9?,12?,13+,18-,19-,43-,44?/m1/s1. The van der Waals surface area contributed by atoms with Gasteiger partial charge in [0, 0.05) is 0 Å². The van der Waals surface area contributed by atoms with Crippen molar-refractivity contribution in [2.24, 2.45) is 0 Å². The number of imidazole rings is 2. The fourth-order valence-electron chi connectivity index (χ4n) is 5.26. The number of hydrogen-bond acceptors (Lipinski definition) is 17. The van der Waals surface area contributed by atoms with Crippen molar-refractivity contribution in [3.8, 4) is 0 Å². The van der Waals surface area contributed by atoms with Crippen LogP contribution < -0.4 is 21.9 Å². The fraction of sp³-hybridized carbons (Fsp3) is 0.500. The highest BCUT2D eigenvalue weighted by Crippen LogP contribution is 2.53. The van der Waals surface area contributed by atoms with Crippen molar-refractivity contribution in [1.29, 1.82) is 0 Å². The molecule has 3 aliphatic heterocycles. The zero-order valence-corrected chi connectivity index (χ0v) is 25.0. The molecule has 3 aliphatic rings. The first-order valence-corrected chi connectivity index (χ1v) is 17.1. The molecule has 0 aliphatic carbocycles. The zero-order valence-electron chi connectivity index (χ0n) is 22.4. The van der Waals surface area contributed by atoms with Gasteiger partial charge in [0.05, 0.1) is 25.9 Å². The summed E-state index contributed by atoms with van der Waals surface area (Å²) in [7, 11) is 1.18. The molecule has 4 aromatic heterocycles. The molecule has 3 unspecified atom stereocenters. The zero-order chi connectivity index (χ0) is 31.8. The summed E-state index contributed by atoms with van der Waals surface area (Å²) in [6, 6.07) is 0. The van der Waals surface area contributed by atoms with Gasteiger partial charge in [-0.1, -0.05) is 11.8 Å². The van der Waals surface area contributed by atoms with E-state index in [0.29, 0.717) is 0 Å². The summed E-state index contributed by atoms with van der Waals surface area (Å²) in [6.45, 7) is -6.06. The van der Waals surface area contributed by atoms with Crippen LogP contribution in [0.5, 0.6) is 0 Å². The fourth-order valence-corrected chi connectivity index (χ4v) is 7.69. The predicted octanol–water partition coefficient (Wildman–Crippen LogP) is -0.726. The van der Waals surface area contributed by atoms with Crippen LogP contribution in [-0.4, -0.2) is 96.6 Å². The molecule has 0 spiro atoms. The lowest BCUT2D eigenvalue weighted by Gasteiger charge is -2.35. The van der Waals surface area contributed by atoms with E-state index in [1.54, 1.807) is 0 Å². The van der Waals surface area contributed by atoms with Gasteiger partial charge in [0.2, 0.25) is 13.5 Å². The Kier molecular flexibility index (Phi) is 7.55. The van der Waals surface area contributed by atoms with Crippen LogP contribution in [0.3, 0.4) is 0 Å². The maximum Gasteiger partial charge on any atom is 0.280 e. The second-order valence-electron chi connectivity index (χ2n) is 10.1. The van der Waals surface area contributed by atoms with Crippen LogP contribution in [0, 0.1) is 0 Å². The molecule has 10 atom stereocenters. The molecular formula is C20H20BF2N10O9P2S-. The molecule has 19 nitrogen and oxygen atoms in total. The van der Waals surface area contributed by atoms with Crippen LogP contribution in [0.1, 0.15) is 12.5 Å². The van der Waals surface area contributed by atoms with Gasteiger partial charge in [-0.3, -0.25) is 23.5 Å². The van der Waals surface area contributed by atoms with Crippen molar-refractivity contribution in [3.05, 3.63) is 29.3 Å². The highest BCUT2D eigenvalue weighted by Gasteiger charge is 2.53. The van der Waals surface area contributed by atoms with Gasteiger partial charge in [-0.15, -0.1) is 0 Å². The second-order valence-corrected chi connectivity index (χ2v) is 14.3. The normalized spacial score (nSPS) is 37.7. The number of aromatic nitrogens is 8. The first-order valence-electron chi connectivity index (χ1n) is 12.9. The first-order chi connectivity index (χ1) is 21.3. The lowest BCUT2D eigenvalue weighted by atomic mass is 10.1. The second kappa shape index (κ2) is 11.1. The monoisotopic (exact) mass is 687 g/mol. The van der Waals surface area contributed by atoms with Crippen molar-refractivity contribution >= 4 is 67.7 Å². The van der Waals surface area contributed by atoms with Crippen molar-refractivity contribution in [2.75, 3.05) is 24.7 Å². The molecule has 5 N–H and O–H groups in total. The Morgan fingerprint density at radius 2 is 1.56 bits per heavy atom. The Hall–Kier alpha value is -2.98. The van der Waals surface area contributed by atoms with Crippen molar-refractivity contribution in [1.82, 2.24) is 39.0 Å². The topological polar surface area (TPSA) is 255 Å². The number of fused-ring (bicyclic) bond motifs is 4. The third-order valence-corrected chi connectivity index (χ3v) is 9.84. The van der Waals surface area contributed by atoms with Crippen LogP contribution in [-0.2, 0) is 43.9 Å². The highest BCUT2D eigenvalue weighted by molar-refractivity contribution is 8.06. The van der Waals surface area contributed by atoms with Crippen LogP contribution >= 0.6 is 14.2 Å². The summed E-state index contributed by atoms with van der Waals surface area (Å²) in [5.41, 5.74) is 10.7. The van der Waals surface area contributed by atoms with E-state index in [-0.39, 0.29) is 34.1 Å². The van der Waals surface area contributed by atoms with Crippen molar-refractivity contribution < 1.29 is 45.8 Å². The third kappa shape index (κ3) is 5.45. The van der Waals surface area contributed by atoms with E-state index in [9.17, 15) is 14.3 Å². The molecule has 25 heteroatoms. The number of aromatic amines is 1. The van der Waals surface area contributed by atoms with Gasteiger partial charge in [0.15, 0.2) is 47.4 Å². The summed E-state index contributed by atoms with van der Waals surface area (Å²) < 4.78 is 80.3. The average molecular weight is 687 g/mol. The number of nitrogens with two attached hydrogens (primary N) is 2. The average Bonchev–Trinajstić information content (AvgIpc) is 3.72. The minimum atomic E-state index is -4.63. The Bertz CT molecular complexity index is 1950. The van der Waals surface area contributed by atoms with Crippen molar-refractivity contribution in [2.45, 2.75) is 49.2 Å². The molecule has 2 radical (unpaired) electrons. The number of alkyl halides is 2. The summed E-state index contributed by atoms with van der Waals surface area (Å²) in [5.74, 6) is -0.253. The Balaban J connectivity index is 1.17. The third-order valence-electron chi connectivity index (χ3n) is 7.25. The summed E-state index contributed by atoms with van der Waals surface area (Å²) in [4.78, 5) is 47.6. The predicted molar refractivity (Wildman–Crippen MR) is 149 cm³/mol. The Morgan fingerprint density at radius 1 is 0.956 bits per heavy atom. The molecule has 7 heterocycles. The minimum Gasteiger partial charge on any atom is -0.780 e. The number of nitrogens with zero attached hydrogens (tertiary/aromatic N) is 7. The minimum absolute atomic E-state index is 0.0266. The lowest BCUT2D eigenvalue weighted by molar-refractivity contribution is -0.217. The molecule has 0 amide bonds. The molecule has 0 bridgehead atoms. The molecule has 45 heavy (non-hydrogen) atoms. The first kappa shape index (κ1) is 30.7. The van der Waals surface area contributed by atoms with E-state index in [1.165, 1.54) is 10.9 Å². The summed E-state index contributed by atoms with van der Waals surface area (Å²) in [6.07, 6.45) is -10.3. The lowest BCUT2D eigenvalue weighted by Crippen LogP contribution is -2.38.